The molecule has 3 rings (SSSR count). The Bertz CT molecular complexity index is 767. The van der Waals surface area contributed by atoms with Gasteiger partial charge in [-0.1, -0.05) is 37.8 Å². The van der Waals surface area contributed by atoms with Crippen molar-refractivity contribution in [2.24, 2.45) is 0 Å². The molecular formula is C21H33N3O3S. The van der Waals surface area contributed by atoms with E-state index in [2.05, 4.69) is 14.9 Å². The minimum absolute atomic E-state index is 0.0268. The minimum Gasteiger partial charge on any atom is -0.350 e. The number of anilines is 1. The molecule has 0 unspecified atom stereocenters. The zero-order chi connectivity index (χ0) is 20.0. The Hall–Kier alpha value is -1.60. The molecule has 1 aliphatic heterocycles. The van der Waals surface area contributed by atoms with Crippen molar-refractivity contribution in [3.8, 4) is 0 Å². The summed E-state index contributed by atoms with van der Waals surface area (Å²) < 4.78 is 26.4. The first-order chi connectivity index (χ1) is 13.5. The van der Waals surface area contributed by atoms with Gasteiger partial charge in [-0.05, 0) is 57.8 Å². The van der Waals surface area contributed by atoms with Crippen LogP contribution in [-0.4, -0.2) is 50.2 Å². The number of carbonyl (C=O) groups is 1. The normalized spacial score (nSPS) is 20.5. The van der Waals surface area contributed by atoms with Crippen molar-refractivity contribution in [2.75, 3.05) is 30.1 Å². The van der Waals surface area contributed by atoms with E-state index < -0.39 is 10.0 Å². The Morgan fingerprint density at radius 2 is 1.68 bits per heavy atom. The fourth-order valence-electron chi connectivity index (χ4n) is 4.53. The van der Waals surface area contributed by atoms with Crippen molar-refractivity contribution in [3.05, 3.63) is 29.8 Å². The van der Waals surface area contributed by atoms with E-state index in [1.807, 2.05) is 0 Å². The van der Waals surface area contributed by atoms with Gasteiger partial charge in [0.05, 0.1) is 17.0 Å². The van der Waals surface area contributed by atoms with Crippen molar-refractivity contribution in [1.29, 1.82) is 0 Å². The van der Waals surface area contributed by atoms with Gasteiger partial charge in [-0.15, -0.1) is 0 Å². The Labute approximate surface area is 169 Å². The molecule has 2 fully saturated rings. The zero-order valence-corrected chi connectivity index (χ0v) is 17.7. The predicted octanol–water partition coefficient (Wildman–Crippen LogP) is 3.37. The van der Waals surface area contributed by atoms with Gasteiger partial charge in [0, 0.05) is 12.1 Å². The van der Waals surface area contributed by atoms with Crippen LogP contribution in [-0.2, 0) is 10.0 Å². The summed E-state index contributed by atoms with van der Waals surface area (Å²) >= 11 is 0. The second-order valence-electron chi connectivity index (χ2n) is 8.07. The summed E-state index contributed by atoms with van der Waals surface area (Å²) in [6, 6.07) is 6.82. The molecule has 6 nitrogen and oxygen atoms in total. The highest BCUT2D eigenvalue weighted by Crippen LogP contribution is 2.35. The molecule has 7 heteroatoms. The van der Waals surface area contributed by atoms with Gasteiger partial charge in [-0.2, -0.15) is 0 Å². The van der Waals surface area contributed by atoms with Gasteiger partial charge in [-0.25, -0.2) is 8.42 Å². The van der Waals surface area contributed by atoms with E-state index in [9.17, 15) is 13.2 Å². The highest BCUT2D eigenvalue weighted by Gasteiger charge is 2.38. The Morgan fingerprint density at radius 1 is 1.04 bits per heavy atom. The first-order valence-electron chi connectivity index (χ1n) is 10.6. The first kappa shape index (κ1) is 21.1. The van der Waals surface area contributed by atoms with Crippen molar-refractivity contribution in [3.63, 3.8) is 0 Å². The molecule has 28 heavy (non-hydrogen) atoms. The number of hydrogen-bond acceptors (Lipinski definition) is 4. The first-order valence-corrected chi connectivity index (χ1v) is 12.2. The van der Waals surface area contributed by atoms with Crippen LogP contribution in [0.4, 0.5) is 5.69 Å². The summed E-state index contributed by atoms with van der Waals surface area (Å²) in [6.07, 6.45) is 9.69. The number of amides is 1. The quantitative estimate of drug-likeness (QED) is 0.726. The second-order valence-corrected chi connectivity index (χ2v) is 10.1. The topological polar surface area (TPSA) is 78.5 Å². The van der Waals surface area contributed by atoms with E-state index in [0.29, 0.717) is 17.8 Å². The maximum Gasteiger partial charge on any atom is 0.253 e. The average Bonchev–Trinajstić information content (AvgIpc) is 2.73. The smallest absolute Gasteiger partial charge is 0.253 e. The highest BCUT2D eigenvalue weighted by atomic mass is 32.2. The summed E-state index contributed by atoms with van der Waals surface area (Å²) in [5.74, 6) is -0.238. The van der Waals surface area contributed by atoms with Crippen LogP contribution in [0.25, 0.3) is 0 Å². The highest BCUT2D eigenvalue weighted by molar-refractivity contribution is 7.92. The summed E-state index contributed by atoms with van der Waals surface area (Å²) in [4.78, 5) is 15.5. The summed E-state index contributed by atoms with van der Waals surface area (Å²) in [5.41, 5.74) is 0.772. The lowest BCUT2D eigenvalue weighted by molar-refractivity contribution is 0.0327. The molecule has 1 heterocycles. The van der Waals surface area contributed by atoms with E-state index in [0.717, 1.165) is 25.9 Å². The van der Waals surface area contributed by atoms with E-state index in [1.54, 1.807) is 31.2 Å². The fraction of sp³-hybridized carbons (Fsp3) is 0.667. The number of sulfonamides is 1. The Balaban J connectivity index is 1.73. The summed E-state index contributed by atoms with van der Waals surface area (Å²) in [6.45, 7) is 4.43. The standard InChI is InChI=1S/C21H33N3O3S/c1-2-28(26,27)23-19-12-6-5-11-18(19)20(25)22-17-21(13-7-3-8-14-21)24-15-9-4-10-16-24/h5-6,11-12,23H,2-4,7-10,13-17H2,1H3,(H,22,25). The minimum atomic E-state index is -3.43. The van der Waals surface area contributed by atoms with Crippen LogP contribution in [0.2, 0.25) is 0 Å². The van der Waals surface area contributed by atoms with Crippen molar-refractivity contribution < 1.29 is 13.2 Å². The van der Waals surface area contributed by atoms with Crippen molar-refractivity contribution in [1.82, 2.24) is 10.2 Å². The molecular weight excluding hydrogens is 374 g/mol. The van der Waals surface area contributed by atoms with E-state index in [4.69, 9.17) is 0 Å². The number of para-hydroxylation sites is 1. The molecule has 1 saturated carbocycles. The third-order valence-corrected chi connectivity index (χ3v) is 7.50. The average molecular weight is 408 g/mol. The number of nitrogens with zero attached hydrogens (tertiary/aromatic N) is 1. The molecule has 1 aromatic rings. The molecule has 0 bridgehead atoms. The molecule has 2 aliphatic rings. The molecule has 1 aromatic carbocycles. The monoisotopic (exact) mass is 407 g/mol. The maximum absolute atomic E-state index is 12.9. The number of nitrogens with one attached hydrogen (secondary N) is 2. The van der Waals surface area contributed by atoms with Crippen molar-refractivity contribution >= 4 is 21.6 Å². The lowest BCUT2D eigenvalue weighted by Gasteiger charge is -2.48. The molecule has 1 aliphatic carbocycles. The van der Waals surface area contributed by atoms with Gasteiger partial charge in [0.15, 0.2) is 0 Å². The van der Waals surface area contributed by atoms with Crippen LogP contribution >= 0.6 is 0 Å². The van der Waals surface area contributed by atoms with Crippen LogP contribution in [0, 0.1) is 0 Å². The van der Waals surface area contributed by atoms with E-state index >= 15 is 0 Å². The van der Waals surface area contributed by atoms with Crippen LogP contribution in [0.1, 0.15) is 68.6 Å². The lowest BCUT2D eigenvalue weighted by Crippen LogP contribution is -2.58. The second kappa shape index (κ2) is 9.27. The number of rotatable bonds is 7. The Kier molecular flexibility index (Phi) is 6.99. The van der Waals surface area contributed by atoms with Crippen LogP contribution in [0.15, 0.2) is 24.3 Å². The molecule has 0 aromatic heterocycles. The molecule has 2 N–H and O–H groups in total. The van der Waals surface area contributed by atoms with Gasteiger partial charge in [0.25, 0.3) is 5.91 Å². The molecule has 1 amide bonds. The molecule has 0 spiro atoms. The fourth-order valence-corrected chi connectivity index (χ4v) is 5.19. The third kappa shape index (κ3) is 5.06. The summed E-state index contributed by atoms with van der Waals surface area (Å²) in [7, 11) is -3.43. The number of likely N-dealkylation sites (tertiary alicyclic amines) is 1. The molecule has 156 valence electrons. The van der Waals surface area contributed by atoms with Gasteiger partial charge in [-0.3, -0.25) is 14.4 Å². The van der Waals surface area contributed by atoms with Crippen LogP contribution in [0.3, 0.4) is 0 Å². The number of hydrogen-bond donors (Lipinski definition) is 2. The van der Waals surface area contributed by atoms with Crippen molar-refractivity contribution in [2.45, 2.75) is 63.8 Å². The molecule has 0 radical (unpaired) electrons. The van der Waals surface area contributed by atoms with Gasteiger partial charge in [0.2, 0.25) is 10.0 Å². The largest absolute Gasteiger partial charge is 0.350 e. The SMILES string of the molecule is CCS(=O)(=O)Nc1ccccc1C(=O)NCC1(N2CCCCC2)CCCCC1. The van der Waals surface area contributed by atoms with Crippen LogP contribution in [0.5, 0.6) is 0 Å². The Morgan fingerprint density at radius 3 is 2.36 bits per heavy atom. The van der Waals surface area contributed by atoms with E-state index in [-0.39, 0.29) is 17.2 Å². The number of piperidine rings is 1. The van der Waals surface area contributed by atoms with E-state index in [1.165, 1.54) is 38.5 Å². The third-order valence-electron chi connectivity index (χ3n) is 6.21. The predicted molar refractivity (Wildman–Crippen MR) is 113 cm³/mol. The van der Waals surface area contributed by atoms with Gasteiger partial charge in [0.1, 0.15) is 0 Å². The number of benzene rings is 1. The lowest BCUT2D eigenvalue weighted by atomic mass is 9.79. The molecule has 1 saturated heterocycles. The van der Waals surface area contributed by atoms with Gasteiger partial charge >= 0.3 is 0 Å². The number of carbonyl (C=O) groups excluding carboxylic acids is 1. The summed E-state index contributed by atoms with van der Waals surface area (Å²) in [5, 5.41) is 3.14. The zero-order valence-electron chi connectivity index (χ0n) is 16.9. The van der Waals surface area contributed by atoms with Crippen LogP contribution < -0.4 is 10.0 Å². The van der Waals surface area contributed by atoms with Gasteiger partial charge < -0.3 is 5.32 Å². The maximum atomic E-state index is 12.9. The molecule has 0 atom stereocenters.